The van der Waals surface area contributed by atoms with Gasteiger partial charge in [-0.05, 0) is 23.1 Å². The number of nitrogen functional groups attached to an aromatic ring is 1. The van der Waals surface area contributed by atoms with Crippen LogP contribution in [0.1, 0.15) is 27.7 Å². The first kappa shape index (κ1) is 16.5. The number of nitrogens with zero attached hydrogens (tertiary/aromatic N) is 1. The maximum absolute atomic E-state index is 12.0. The lowest BCUT2D eigenvalue weighted by molar-refractivity contribution is 0.102. The van der Waals surface area contributed by atoms with Gasteiger partial charge in [-0.15, -0.1) is 11.3 Å². The van der Waals surface area contributed by atoms with E-state index in [0.717, 1.165) is 33.3 Å². The number of thiophene rings is 1. The number of Topliss-reactive ketones (excluding diaryl/α,β-unsaturated/α-hetero) is 1. The highest BCUT2D eigenvalue weighted by atomic mass is 32.1. The Bertz CT molecular complexity index is 1090. The molecule has 0 saturated heterocycles. The zero-order valence-corrected chi connectivity index (χ0v) is 15.2. The van der Waals surface area contributed by atoms with Crippen molar-refractivity contribution in [2.75, 3.05) is 5.73 Å². The van der Waals surface area contributed by atoms with Crippen LogP contribution in [-0.2, 0) is 6.42 Å². The molecule has 2 N–H and O–H groups in total. The van der Waals surface area contributed by atoms with Crippen molar-refractivity contribution in [3.05, 3.63) is 82.9 Å². The summed E-state index contributed by atoms with van der Waals surface area (Å²) in [4.78, 5) is 18.0. The first-order valence-corrected chi connectivity index (χ1v) is 9.27. The lowest BCUT2D eigenvalue weighted by atomic mass is 9.94. The van der Waals surface area contributed by atoms with Crippen molar-refractivity contribution in [3.8, 4) is 11.1 Å². The first-order valence-electron chi connectivity index (χ1n) is 8.45. The Balaban J connectivity index is 2.00. The summed E-state index contributed by atoms with van der Waals surface area (Å²) in [5, 5.41) is 0.908. The van der Waals surface area contributed by atoms with Crippen LogP contribution >= 0.6 is 11.3 Å². The third kappa shape index (κ3) is 2.89. The van der Waals surface area contributed by atoms with E-state index in [9.17, 15) is 4.79 Å². The number of carbonyl (C=O) groups excluding carboxylic acids is 1. The van der Waals surface area contributed by atoms with Crippen molar-refractivity contribution in [2.24, 2.45) is 0 Å². The van der Waals surface area contributed by atoms with Gasteiger partial charge in [0.2, 0.25) is 0 Å². The van der Waals surface area contributed by atoms with Gasteiger partial charge in [0.25, 0.3) is 0 Å². The fourth-order valence-electron chi connectivity index (χ4n) is 3.26. The molecule has 0 aliphatic carbocycles. The maximum atomic E-state index is 12.0. The van der Waals surface area contributed by atoms with Crippen LogP contribution in [0.4, 0.5) is 5.69 Å². The summed E-state index contributed by atoms with van der Waals surface area (Å²) in [5.74, 6) is -0.0163. The molecule has 0 atom stereocenters. The van der Waals surface area contributed by atoms with Crippen LogP contribution in [-0.4, -0.2) is 10.8 Å². The number of rotatable bonds is 4. The number of aromatic nitrogens is 1. The molecule has 0 amide bonds. The summed E-state index contributed by atoms with van der Waals surface area (Å²) in [5.41, 5.74) is 11.4. The number of carbonyl (C=O) groups is 1. The monoisotopic (exact) mass is 358 g/mol. The molecule has 0 unspecified atom stereocenters. The second-order valence-corrected chi connectivity index (χ2v) is 7.26. The van der Waals surface area contributed by atoms with Crippen LogP contribution < -0.4 is 5.73 Å². The Morgan fingerprint density at radius 1 is 1.04 bits per heavy atom. The number of hydrogen-bond donors (Lipinski definition) is 1. The highest BCUT2D eigenvalue weighted by Crippen LogP contribution is 2.39. The van der Waals surface area contributed by atoms with Crippen molar-refractivity contribution in [3.63, 3.8) is 0 Å². The maximum Gasteiger partial charge on any atom is 0.171 e. The molecular weight excluding hydrogens is 340 g/mol. The zero-order chi connectivity index (χ0) is 18.1. The predicted octanol–water partition coefficient (Wildman–Crippen LogP) is 5.34. The summed E-state index contributed by atoms with van der Waals surface area (Å²) in [6, 6.07) is 20.5. The summed E-state index contributed by atoms with van der Waals surface area (Å²) >= 11 is 1.37. The molecule has 0 spiro atoms. The number of fused-ring (bicyclic) bond motifs is 1. The Morgan fingerprint density at radius 3 is 2.35 bits per heavy atom. The molecule has 2 heterocycles. The van der Waals surface area contributed by atoms with Crippen LogP contribution in [0.5, 0.6) is 0 Å². The minimum absolute atomic E-state index is 0.0163. The van der Waals surface area contributed by atoms with Gasteiger partial charge in [-0.2, -0.15) is 0 Å². The van der Waals surface area contributed by atoms with Gasteiger partial charge >= 0.3 is 0 Å². The van der Waals surface area contributed by atoms with Crippen LogP contribution in [0.25, 0.3) is 21.3 Å². The molecule has 128 valence electrons. The standard InChI is InChI=1S/C22H18N2OS/c1-14(25)21-20(23)19-17(12-15-8-4-2-5-9-15)18(13-24-22(19)26-21)16-10-6-3-7-11-16/h2-11,13H,12,23H2,1H3. The van der Waals surface area contributed by atoms with Crippen molar-refractivity contribution in [2.45, 2.75) is 13.3 Å². The second kappa shape index (κ2) is 6.73. The Morgan fingerprint density at radius 2 is 1.69 bits per heavy atom. The number of pyridine rings is 1. The van der Waals surface area contributed by atoms with Crippen molar-refractivity contribution >= 4 is 33.0 Å². The number of nitrogens with two attached hydrogens (primary N) is 1. The Labute approximate surface area is 156 Å². The fourth-order valence-corrected chi connectivity index (χ4v) is 4.25. The lowest BCUT2D eigenvalue weighted by Crippen LogP contribution is -1.99. The molecule has 0 bridgehead atoms. The molecule has 0 saturated carbocycles. The normalized spacial score (nSPS) is 11.0. The van der Waals surface area contributed by atoms with Gasteiger partial charge in [-0.25, -0.2) is 4.98 Å². The zero-order valence-electron chi connectivity index (χ0n) is 14.4. The quantitative estimate of drug-likeness (QED) is 0.501. The molecule has 2 aromatic carbocycles. The van der Waals surface area contributed by atoms with Gasteiger partial charge < -0.3 is 5.73 Å². The SMILES string of the molecule is CC(=O)c1sc2ncc(-c3ccccc3)c(Cc3ccccc3)c2c1N. The largest absolute Gasteiger partial charge is 0.397 e. The van der Waals surface area contributed by atoms with E-state index >= 15 is 0 Å². The second-order valence-electron chi connectivity index (χ2n) is 6.26. The fraction of sp³-hybridized carbons (Fsp3) is 0.0909. The smallest absolute Gasteiger partial charge is 0.171 e. The molecule has 4 aromatic rings. The number of benzene rings is 2. The molecule has 0 fully saturated rings. The third-order valence-corrected chi connectivity index (χ3v) is 5.71. The third-order valence-electron chi connectivity index (χ3n) is 4.49. The number of hydrogen-bond acceptors (Lipinski definition) is 4. The molecule has 0 aliphatic heterocycles. The molecule has 4 heteroatoms. The van der Waals surface area contributed by atoms with Gasteiger partial charge in [-0.1, -0.05) is 60.7 Å². The van der Waals surface area contributed by atoms with Crippen LogP contribution in [0, 0.1) is 0 Å². The van der Waals surface area contributed by atoms with E-state index < -0.39 is 0 Å². The van der Waals surface area contributed by atoms with Crippen molar-refractivity contribution in [1.82, 2.24) is 4.98 Å². The van der Waals surface area contributed by atoms with E-state index in [1.165, 1.54) is 16.9 Å². The lowest BCUT2D eigenvalue weighted by Gasteiger charge is -2.12. The molecular formula is C22H18N2OS. The highest BCUT2D eigenvalue weighted by Gasteiger charge is 2.20. The van der Waals surface area contributed by atoms with Gasteiger partial charge in [0.15, 0.2) is 5.78 Å². The van der Waals surface area contributed by atoms with Crippen LogP contribution in [0.3, 0.4) is 0 Å². The molecule has 2 aromatic heterocycles. The van der Waals surface area contributed by atoms with E-state index in [1.54, 1.807) is 6.92 Å². The van der Waals surface area contributed by atoms with Gasteiger partial charge in [0.1, 0.15) is 4.83 Å². The molecule has 4 rings (SSSR count). The average Bonchev–Trinajstić information content (AvgIpc) is 3.01. The highest BCUT2D eigenvalue weighted by molar-refractivity contribution is 7.21. The van der Waals surface area contributed by atoms with Gasteiger partial charge in [-0.3, -0.25) is 4.79 Å². The van der Waals surface area contributed by atoms with Crippen LogP contribution in [0.15, 0.2) is 66.9 Å². The first-order chi connectivity index (χ1) is 12.6. The van der Waals surface area contributed by atoms with E-state index in [-0.39, 0.29) is 5.78 Å². The minimum atomic E-state index is -0.0163. The molecule has 3 nitrogen and oxygen atoms in total. The van der Waals surface area contributed by atoms with E-state index in [2.05, 4.69) is 29.2 Å². The minimum Gasteiger partial charge on any atom is -0.397 e. The molecule has 0 aliphatic rings. The average molecular weight is 358 g/mol. The Hall–Kier alpha value is -2.98. The summed E-state index contributed by atoms with van der Waals surface area (Å²) in [7, 11) is 0. The van der Waals surface area contributed by atoms with E-state index in [0.29, 0.717) is 10.6 Å². The van der Waals surface area contributed by atoms with E-state index in [1.807, 2.05) is 42.6 Å². The predicted molar refractivity (Wildman–Crippen MR) is 109 cm³/mol. The number of anilines is 1. The summed E-state index contributed by atoms with van der Waals surface area (Å²) < 4.78 is 0. The van der Waals surface area contributed by atoms with Gasteiger partial charge in [0, 0.05) is 24.1 Å². The summed E-state index contributed by atoms with van der Waals surface area (Å²) in [6.07, 6.45) is 2.64. The van der Waals surface area contributed by atoms with Crippen molar-refractivity contribution in [1.29, 1.82) is 0 Å². The molecule has 26 heavy (non-hydrogen) atoms. The van der Waals surface area contributed by atoms with Gasteiger partial charge in [0.05, 0.1) is 10.6 Å². The van der Waals surface area contributed by atoms with Crippen LogP contribution in [0.2, 0.25) is 0 Å². The number of ketones is 1. The molecule has 0 radical (unpaired) electrons. The summed E-state index contributed by atoms with van der Waals surface area (Å²) in [6.45, 7) is 1.55. The van der Waals surface area contributed by atoms with E-state index in [4.69, 9.17) is 5.73 Å². The van der Waals surface area contributed by atoms with Crippen molar-refractivity contribution < 1.29 is 4.79 Å². The Kier molecular flexibility index (Phi) is 4.27. The topological polar surface area (TPSA) is 56.0 Å².